The van der Waals surface area contributed by atoms with Gasteiger partial charge in [0.15, 0.2) is 0 Å². The zero-order valence-electron chi connectivity index (χ0n) is 17.1. The molecule has 2 aromatic heterocycles. The van der Waals surface area contributed by atoms with E-state index in [9.17, 15) is 13.2 Å². The minimum Gasteiger partial charge on any atom is -0.468 e. The first kappa shape index (κ1) is 23.0. The summed E-state index contributed by atoms with van der Waals surface area (Å²) in [6.07, 6.45) is 4.18. The number of aryl methyl sites for hydroxylation is 1. The van der Waals surface area contributed by atoms with Gasteiger partial charge in [-0.25, -0.2) is 13.4 Å². The van der Waals surface area contributed by atoms with E-state index in [-0.39, 0.29) is 29.2 Å². The fourth-order valence-corrected chi connectivity index (χ4v) is 4.47. The Labute approximate surface area is 187 Å². The van der Waals surface area contributed by atoms with Crippen LogP contribution in [0.4, 0.5) is 0 Å². The molecule has 7 nitrogen and oxygen atoms in total. The van der Waals surface area contributed by atoms with E-state index in [4.69, 9.17) is 16.0 Å². The first-order valence-corrected chi connectivity index (χ1v) is 11.6. The second-order valence-electron chi connectivity index (χ2n) is 7.16. The van der Waals surface area contributed by atoms with Gasteiger partial charge in [-0.2, -0.15) is 4.31 Å². The van der Waals surface area contributed by atoms with Crippen LogP contribution in [0.3, 0.4) is 0 Å². The molecule has 31 heavy (non-hydrogen) atoms. The van der Waals surface area contributed by atoms with Crippen LogP contribution in [-0.4, -0.2) is 36.2 Å². The molecule has 1 N–H and O–H groups in total. The Hall–Kier alpha value is -2.68. The fourth-order valence-electron chi connectivity index (χ4n) is 3.05. The van der Waals surface area contributed by atoms with Crippen molar-refractivity contribution >= 4 is 27.5 Å². The van der Waals surface area contributed by atoms with E-state index in [0.717, 1.165) is 17.1 Å². The third-order valence-corrected chi connectivity index (χ3v) is 6.69. The molecule has 0 fully saturated rings. The van der Waals surface area contributed by atoms with E-state index in [1.807, 2.05) is 37.3 Å². The first-order valence-electron chi connectivity index (χ1n) is 9.82. The molecule has 3 rings (SSSR count). The highest BCUT2D eigenvalue weighted by Crippen LogP contribution is 2.19. The fraction of sp³-hybridized carbons (Fsp3) is 0.273. The number of aromatic nitrogens is 1. The molecule has 0 saturated carbocycles. The highest BCUT2D eigenvalue weighted by atomic mass is 35.5. The van der Waals surface area contributed by atoms with Crippen molar-refractivity contribution in [3.05, 3.63) is 83.5 Å². The smallest absolute Gasteiger partial charge is 0.245 e. The number of carbonyl (C=O) groups excluding carboxylic acids is 1. The summed E-state index contributed by atoms with van der Waals surface area (Å²) in [4.78, 5) is 16.4. The number of halogens is 1. The van der Waals surface area contributed by atoms with E-state index < -0.39 is 15.9 Å². The second kappa shape index (κ2) is 10.6. The van der Waals surface area contributed by atoms with Crippen LogP contribution in [0.15, 0.2) is 76.4 Å². The lowest BCUT2D eigenvalue weighted by atomic mass is 10.1. The number of amides is 1. The molecule has 1 atom stereocenters. The lowest BCUT2D eigenvalue weighted by Gasteiger charge is -2.22. The second-order valence-corrected chi connectivity index (χ2v) is 9.49. The van der Waals surface area contributed by atoms with Gasteiger partial charge in [0.1, 0.15) is 15.8 Å². The molecule has 3 aromatic rings. The number of benzene rings is 1. The van der Waals surface area contributed by atoms with E-state index >= 15 is 0 Å². The van der Waals surface area contributed by atoms with E-state index in [1.165, 1.54) is 30.2 Å². The summed E-state index contributed by atoms with van der Waals surface area (Å²) in [6.45, 7) is 1.47. The van der Waals surface area contributed by atoms with Crippen LogP contribution in [0.1, 0.15) is 24.7 Å². The van der Waals surface area contributed by atoms with Crippen LogP contribution in [0, 0.1) is 0 Å². The van der Waals surface area contributed by atoms with Crippen molar-refractivity contribution in [2.75, 3.05) is 6.54 Å². The zero-order valence-corrected chi connectivity index (χ0v) is 18.6. The first-order chi connectivity index (χ1) is 14.8. The van der Waals surface area contributed by atoms with Gasteiger partial charge in [0, 0.05) is 12.2 Å². The third kappa shape index (κ3) is 6.65. The van der Waals surface area contributed by atoms with Gasteiger partial charge in [-0.05, 0) is 49.6 Å². The van der Waals surface area contributed by atoms with Crippen LogP contribution in [-0.2, 0) is 27.8 Å². The lowest BCUT2D eigenvalue weighted by Crippen LogP contribution is -2.43. The van der Waals surface area contributed by atoms with Crippen molar-refractivity contribution < 1.29 is 17.6 Å². The van der Waals surface area contributed by atoms with Crippen molar-refractivity contribution in [2.24, 2.45) is 0 Å². The highest BCUT2D eigenvalue weighted by molar-refractivity contribution is 7.89. The highest BCUT2D eigenvalue weighted by Gasteiger charge is 2.28. The van der Waals surface area contributed by atoms with Crippen molar-refractivity contribution in [1.29, 1.82) is 0 Å². The molecule has 1 aromatic carbocycles. The van der Waals surface area contributed by atoms with Crippen LogP contribution >= 0.6 is 11.6 Å². The van der Waals surface area contributed by atoms with E-state index in [2.05, 4.69) is 10.3 Å². The molecule has 0 aliphatic rings. The monoisotopic (exact) mass is 461 g/mol. The topological polar surface area (TPSA) is 92.5 Å². The Morgan fingerprint density at radius 3 is 2.58 bits per heavy atom. The maximum atomic E-state index is 13.1. The Bertz CT molecular complexity index is 1070. The van der Waals surface area contributed by atoms with Crippen LogP contribution < -0.4 is 5.32 Å². The van der Waals surface area contributed by atoms with Gasteiger partial charge >= 0.3 is 0 Å². The van der Waals surface area contributed by atoms with Gasteiger partial charge in [0.2, 0.25) is 15.9 Å². The van der Waals surface area contributed by atoms with Crippen LogP contribution in [0.5, 0.6) is 0 Å². The molecule has 0 radical (unpaired) electrons. The number of hydrogen-bond acceptors (Lipinski definition) is 5. The van der Waals surface area contributed by atoms with Gasteiger partial charge in [0.05, 0.1) is 19.4 Å². The Kier molecular flexibility index (Phi) is 7.84. The van der Waals surface area contributed by atoms with Crippen molar-refractivity contribution in [3.63, 3.8) is 0 Å². The molecule has 9 heteroatoms. The molecular formula is C22H24ClN3O4S. The van der Waals surface area contributed by atoms with E-state index in [1.54, 1.807) is 12.1 Å². The molecule has 164 valence electrons. The van der Waals surface area contributed by atoms with Gasteiger partial charge < -0.3 is 9.73 Å². The number of sulfonamides is 1. The normalized spacial score (nSPS) is 12.6. The van der Waals surface area contributed by atoms with Crippen molar-refractivity contribution in [2.45, 2.75) is 37.2 Å². The largest absolute Gasteiger partial charge is 0.468 e. The zero-order chi connectivity index (χ0) is 22.3. The van der Waals surface area contributed by atoms with Gasteiger partial charge in [-0.1, -0.05) is 41.9 Å². The molecule has 1 amide bonds. The average molecular weight is 462 g/mol. The lowest BCUT2D eigenvalue weighted by molar-refractivity contribution is -0.122. The summed E-state index contributed by atoms with van der Waals surface area (Å²) in [5.74, 6) is 0.0352. The maximum Gasteiger partial charge on any atom is 0.245 e. The number of hydrogen-bond donors (Lipinski definition) is 1. The molecular weight excluding hydrogens is 438 g/mol. The predicted molar refractivity (Wildman–Crippen MR) is 118 cm³/mol. The Balaban J connectivity index is 1.67. The van der Waals surface area contributed by atoms with Gasteiger partial charge in [-0.3, -0.25) is 4.79 Å². The summed E-state index contributed by atoms with van der Waals surface area (Å²) in [5, 5.41) is 3.06. The maximum absolute atomic E-state index is 13.1. The summed E-state index contributed by atoms with van der Waals surface area (Å²) >= 11 is 5.77. The summed E-state index contributed by atoms with van der Waals surface area (Å²) in [6, 6.07) is 15.9. The standard InChI is InChI=1S/C22H24ClN3O4S/c1-17(9-10-18-6-3-2-4-7-18)25-22(27)16-26(15-19-8-5-13-30-19)31(28,29)20-11-12-21(23)24-14-20/h2-8,11-14,17H,9-10,15-16H2,1H3,(H,25,27). The number of furan rings is 1. The van der Waals surface area contributed by atoms with Crippen LogP contribution in [0.2, 0.25) is 5.15 Å². The quantitative estimate of drug-likeness (QED) is 0.465. The molecule has 0 spiro atoms. The van der Waals surface area contributed by atoms with Crippen molar-refractivity contribution in [1.82, 2.24) is 14.6 Å². The summed E-state index contributed by atoms with van der Waals surface area (Å²) in [5.41, 5.74) is 1.18. The number of nitrogens with zero attached hydrogens (tertiary/aromatic N) is 2. The third-order valence-electron chi connectivity index (χ3n) is 4.69. The molecule has 0 aliphatic heterocycles. The predicted octanol–water partition coefficient (Wildman–Crippen LogP) is 3.66. The number of nitrogens with one attached hydrogen (secondary N) is 1. The van der Waals surface area contributed by atoms with E-state index in [0.29, 0.717) is 5.76 Å². The number of carbonyl (C=O) groups is 1. The van der Waals surface area contributed by atoms with Gasteiger partial charge in [0.25, 0.3) is 0 Å². The molecule has 0 bridgehead atoms. The SMILES string of the molecule is CC(CCc1ccccc1)NC(=O)CN(Cc1ccco1)S(=O)(=O)c1ccc(Cl)nc1. The Morgan fingerprint density at radius 1 is 1.16 bits per heavy atom. The average Bonchev–Trinajstić information content (AvgIpc) is 3.26. The molecule has 2 heterocycles. The number of rotatable bonds is 10. The summed E-state index contributed by atoms with van der Waals surface area (Å²) < 4.78 is 32.6. The minimum atomic E-state index is -3.99. The van der Waals surface area contributed by atoms with Crippen molar-refractivity contribution in [3.8, 4) is 0 Å². The summed E-state index contributed by atoms with van der Waals surface area (Å²) in [7, 11) is -3.99. The van der Waals surface area contributed by atoms with Gasteiger partial charge in [-0.15, -0.1) is 0 Å². The molecule has 0 aliphatic carbocycles. The number of pyridine rings is 1. The molecule has 0 saturated heterocycles. The Morgan fingerprint density at radius 2 is 1.94 bits per heavy atom. The molecule has 1 unspecified atom stereocenters. The van der Waals surface area contributed by atoms with Crippen LogP contribution in [0.25, 0.3) is 0 Å². The minimum absolute atomic E-state index is 0.0478.